The summed E-state index contributed by atoms with van der Waals surface area (Å²) in [6.45, 7) is 1.39. The van der Waals surface area contributed by atoms with Crippen molar-refractivity contribution in [1.82, 2.24) is 15.5 Å². The summed E-state index contributed by atoms with van der Waals surface area (Å²) in [6.07, 6.45) is 4.38. The summed E-state index contributed by atoms with van der Waals surface area (Å²) in [7, 11) is -1.78. The number of aliphatic imine (C=N–C) groups is 1. The fraction of sp³-hybridized carbons (Fsp3) is 0.565. The van der Waals surface area contributed by atoms with Crippen LogP contribution in [0.25, 0.3) is 0 Å². The largest absolute Gasteiger partial charge is 0.475 e. The molecule has 0 saturated heterocycles. The fourth-order valence-electron chi connectivity index (χ4n) is 4.32. The second-order valence-electron chi connectivity index (χ2n) is 8.88. The smallest absolute Gasteiger partial charge is 0.426 e. The molecule has 11 nitrogen and oxygen atoms in total. The average molecular weight is 488 g/mol. The van der Waals surface area contributed by atoms with E-state index >= 15 is 0 Å². The molecule has 192 valence electrons. The Morgan fingerprint density at radius 1 is 1.14 bits per heavy atom. The van der Waals surface area contributed by atoms with Crippen LogP contribution in [-0.2, 0) is 20.8 Å². The van der Waals surface area contributed by atoms with E-state index in [1.807, 2.05) is 30.3 Å². The lowest BCUT2D eigenvalue weighted by molar-refractivity contribution is -0.141. The molecule has 8 N–H and O–H groups in total. The van der Waals surface area contributed by atoms with Crippen molar-refractivity contribution in [3.05, 3.63) is 35.9 Å². The lowest BCUT2D eigenvalue weighted by Crippen LogP contribution is -2.56. The van der Waals surface area contributed by atoms with Crippen molar-refractivity contribution in [3.63, 3.8) is 0 Å². The van der Waals surface area contributed by atoms with Crippen LogP contribution in [0, 0.1) is 0 Å². The highest BCUT2D eigenvalue weighted by Crippen LogP contribution is 2.24. The highest BCUT2D eigenvalue weighted by molar-refractivity contribution is 6.43. The van der Waals surface area contributed by atoms with Gasteiger partial charge in [-0.3, -0.25) is 19.4 Å². The molecule has 1 aromatic rings. The monoisotopic (exact) mass is 488 g/mol. The molecule has 1 aliphatic carbocycles. The third kappa shape index (κ3) is 9.95. The van der Waals surface area contributed by atoms with Gasteiger partial charge >= 0.3 is 7.12 Å². The Bertz CT molecular complexity index is 859. The van der Waals surface area contributed by atoms with Crippen molar-refractivity contribution in [2.45, 2.75) is 69.9 Å². The molecular weight excluding hydrogens is 451 g/mol. The van der Waals surface area contributed by atoms with Crippen molar-refractivity contribution in [3.8, 4) is 0 Å². The molecule has 0 radical (unpaired) electrons. The van der Waals surface area contributed by atoms with E-state index in [-0.39, 0.29) is 43.3 Å². The third-order valence-electron chi connectivity index (χ3n) is 5.99. The Labute approximate surface area is 206 Å². The minimum Gasteiger partial charge on any atom is -0.426 e. The minimum atomic E-state index is -1.78. The number of amides is 3. The molecule has 2 rings (SSSR count). The summed E-state index contributed by atoms with van der Waals surface area (Å²) in [4.78, 5) is 43.7. The van der Waals surface area contributed by atoms with Gasteiger partial charge in [0.15, 0.2) is 5.96 Å². The van der Waals surface area contributed by atoms with E-state index in [0.717, 1.165) is 31.2 Å². The number of guanidine groups is 1. The van der Waals surface area contributed by atoms with Gasteiger partial charge in [-0.25, -0.2) is 0 Å². The van der Waals surface area contributed by atoms with Crippen molar-refractivity contribution in [2.75, 3.05) is 13.1 Å². The Morgan fingerprint density at radius 2 is 1.80 bits per heavy atom. The van der Waals surface area contributed by atoms with Gasteiger partial charge in [0.1, 0.15) is 6.04 Å². The van der Waals surface area contributed by atoms with Gasteiger partial charge in [0.2, 0.25) is 17.7 Å². The molecule has 0 unspecified atom stereocenters. The summed E-state index contributed by atoms with van der Waals surface area (Å²) in [6, 6.07) is 8.41. The minimum absolute atomic E-state index is 0.0647. The summed E-state index contributed by atoms with van der Waals surface area (Å²) in [5.41, 5.74) is 11.5. The lowest BCUT2D eigenvalue weighted by Gasteiger charge is -2.32. The first kappa shape index (κ1) is 28.1. The van der Waals surface area contributed by atoms with Gasteiger partial charge in [0.25, 0.3) is 0 Å². The first-order valence-electron chi connectivity index (χ1n) is 12.0. The van der Waals surface area contributed by atoms with E-state index in [1.54, 1.807) is 0 Å². The van der Waals surface area contributed by atoms with Gasteiger partial charge in [-0.15, -0.1) is 0 Å². The van der Waals surface area contributed by atoms with E-state index in [0.29, 0.717) is 12.8 Å². The third-order valence-corrected chi connectivity index (χ3v) is 5.99. The van der Waals surface area contributed by atoms with Crippen LogP contribution in [0.3, 0.4) is 0 Å². The predicted molar refractivity (Wildman–Crippen MR) is 134 cm³/mol. The number of nitrogens with zero attached hydrogens (tertiary/aromatic N) is 2. The van der Waals surface area contributed by atoms with Gasteiger partial charge in [0, 0.05) is 25.9 Å². The molecule has 1 aliphatic rings. The fourth-order valence-corrected chi connectivity index (χ4v) is 4.32. The zero-order valence-corrected chi connectivity index (χ0v) is 20.2. The predicted octanol–water partition coefficient (Wildman–Crippen LogP) is -0.945. The van der Waals surface area contributed by atoms with Crippen LogP contribution in [0.1, 0.15) is 51.0 Å². The Balaban J connectivity index is 2.12. The highest BCUT2D eigenvalue weighted by atomic mass is 16.4. The molecule has 1 fully saturated rings. The summed E-state index contributed by atoms with van der Waals surface area (Å²) in [5, 5.41) is 24.8. The van der Waals surface area contributed by atoms with Crippen LogP contribution in [0.4, 0.5) is 0 Å². The van der Waals surface area contributed by atoms with Crippen molar-refractivity contribution < 1.29 is 24.4 Å². The van der Waals surface area contributed by atoms with E-state index in [2.05, 4.69) is 15.6 Å². The Hall–Kier alpha value is -3.12. The summed E-state index contributed by atoms with van der Waals surface area (Å²) in [5.74, 6) is -2.18. The van der Waals surface area contributed by atoms with Gasteiger partial charge in [-0.05, 0) is 31.2 Å². The van der Waals surface area contributed by atoms with Gasteiger partial charge in [-0.2, -0.15) is 0 Å². The number of hydrogen-bond donors (Lipinski definition) is 6. The molecule has 1 aromatic carbocycles. The molecule has 0 aliphatic heterocycles. The van der Waals surface area contributed by atoms with Crippen LogP contribution < -0.4 is 22.1 Å². The van der Waals surface area contributed by atoms with Crippen LogP contribution in [0.15, 0.2) is 35.3 Å². The van der Waals surface area contributed by atoms with Crippen molar-refractivity contribution in [1.29, 1.82) is 0 Å². The number of benzene rings is 1. The van der Waals surface area contributed by atoms with Crippen LogP contribution in [0.2, 0.25) is 0 Å². The number of hydrogen-bond acceptors (Lipinski definition) is 6. The number of carbonyl (C=O) groups excluding carboxylic acids is 3. The van der Waals surface area contributed by atoms with Crippen LogP contribution >= 0.6 is 0 Å². The Kier molecular flexibility index (Phi) is 11.5. The van der Waals surface area contributed by atoms with Gasteiger partial charge in [-0.1, -0.05) is 43.2 Å². The van der Waals surface area contributed by atoms with Gasteiger partial charge in [0.05, 0.1) is 12.5 Å². The molecule has 1 saturated carbocycles. The average Bonchev–Trinajstić information content (AvgIpc) is 3.33. The van der Waals surface area contributed by atoms with Crippen LogP contribution in [0.5, 0.6) is 0 Å². The number of carbonyl (C=O) groups is 3. The lowest BCUT2D eigenvalue weighted by atomic mass is 9.76. The first-order valence-corrected chi connectivity index (χ1v) is 12.0. The van der Waals surface area contributed by atoms with Crippen molar-refractivity contribution >= 4 is 30.8 Å². The molecule has 0 aromatic heterocycles. The standard InChI is InChI=1S/C23H37BN6O5/c1-16(31)28-19(14-17-8-3-2-4-9-17)22(33)30(18-10-5-6-11-18)15-21(32)29-20(24(34)35)12-7-13-27-23(25)26/h2-4,8-9,18-20,34-35H,5-7,10-15H2,1H3,(H,28,31)(H,29,32)(H4,25,26,27)/t19-,20+/m1/s1. The molecule has 0 spiro atoms. The number of nitrogens with two attached hydrogens (primary N) is 2. The first-order chi connectivity index (χ1) is 16.7. The molecule has 0 bridgehead atoms. The molecular formula is C23H37BN6O5. The van der Waals surface area contributed by atoms with E-state index in [1.165, 1.54) is 11.8 Å². The molecule has 3 amide bonds. The quantitative estimate of drug-likeness (QED) is 0.0895. The van der Waals surface area contributed by atoms with E-state index < -0.39 is 25.0 Å². The zero-order chi connectivity index (χ0) is 25.8. The Morgan fingerprint density at radius 3 is 2.37 bits per heavy atom. The van der Waals surface area contributed by atoms with Crippen molar-refractivity contribution in [2.24, 2.45) is 16.5 Å². The van der Waals surface area contributed by atoms with E-state index in [9.17, 15) is 24.4 Å². The normalized spacial score (nSPS) is 15.1. The topological polar surface area (TPSA) is 183 Å². The molecule has 35 heavy (non-hydrogen) atoms. The highest BCUT2D eigenvalue weighted by Gasteiger charge is 2.34. The molecule has 12 heteroatoms. The zero-order valence-electron chi connectivity index (χ0n) is 20.2. The summed E-state index contributed by atoms with van der Waals surface area (Å²) < 4.78 is 0. The van der Waals surface area contributed by atoms with Gasteiger partial charge < -0.3 is 37.0 Å². The van der Waals surface area contributed by atoms with E-state index in [4.69, 9.17) is 11.5 Å². The number of rotatable bonds is 13. The summed E-state index contributed by atoms with van der Waals surface area (Å²) >= 11 is 0. The van der Waals surface area contributed by atoms with Crippen LogP contribution in [-0.4, -0.2) is 76.9 Å². The molecule has 2 atom stereocenters. The second kappa shape index (κ2) is 14.3. The number of nitrogens with one attached hydrogen (secondary N) is 2. The SMILES string of the molecule is CC(=O)N[C@H](Cc1ccccc1)C(=O)N(CC(=O)N[C@@H](CCCN=C(N)N)B(O)O)C1CCCC1. The second-order valence-corrected chi connectivity index (χ2v) is 8.88. The maximum atomic E-state index is 13.6. The maximum absolute atomic E-state index is 13.6. The maximum Gasteiger partial charge on any atom is 0.475 e. The molecule has 0 heterocycles.